The summed E-state index contributed by atoms with van der Waals surface area (Å²) in [4.78, 5) is 8.56. The molecule has 0 radical (unpaired) electrons. The molecule has 0 unspecified atom stereocenters. The predicted octanol–water partition coefficient (Wildman–Crippen LogP) is 5.44. The lowest BCUT2D eigenvalue weighted by Crippen LogP contribution is -2.37. The standard InChI is InChI=1S/C30H37FN6O2/c1-30(2)18-39-17-26-29(19-9-7-8-10-24(19)37(26)30)20-13-28(33-16-21(20)31)34-23-14-22(32)25(15-27(23)38-6)36(5)12-11-35(3)4/h7-10,13-16H,11-12,17-18,32H2,1-6H3,(H,33,34). The number of likely N-dealkylation sites (N-methyl/N-ethyl adjacent to an activating group) is 2. The molecule has 39 heavy (non-hydrogen) atoms. The lowest BCUT2D eigenvalue weighted by atomic mass is 10.0. The van der Waals surface area contributed by atoms with Gasteiger partial charge in [-0.05, 0) is 46.1 Å². The summed E-state index contributed by atoms with van der Waals surface area (Å²) in [6, 6.07) is 13.6. The Morgan fingerprint density at radius 1 is 1.15 bits per heavy atom. The number of hydrogen-bond donors (Lipinski definition) is 2. The largest absolute Gasteiger partial charge is 0.494 e. The van der Waals surface area contributed by atoms with Crippen LogP contribution >= 0.6 is 0 Å². The van der Waals surface area contributed by atoms with Gasteiger partial charge in [0.15, 0.2) is 0 Å². The molecule has 2 aromatic carbocycles. The molecule has 1 aliphatic rings. The molecule has 0 saturated heterocycles. The van der Waals surface area contributed by atoms with Crippen molar-refractivity contribution in [2.45, 2.75) is 26.0 Å². The van der Waals surface area contributed by atoms with E-state index in [2.05, 4.69) is 44.6 Å². The topological polar surface area (TPSA) is 80.8 Å². The van der Waals surface area contributed by atoms with Crippen LogP contribution < -0.4 is 20.7 Å². The smallest absolute Gasteiger partial charge is 0.149 e. The zero-order valence-electron chi connectivity index (χ0n) is 23.5. The van der Waals surface area contributed by atoms with Crippen molar-refractivity contribution in [3.05, 3.63) is 60.2 Å². The number of pyridine rings is 1. The van der Waals surface area contributed by atoms with Gasteiger partial charge in [-0.3, -0.25) is 0 Å². The second kappa shape index (κ2) is 10.4. The number of rotatable bonds is 8. The van der Waals surface area contributed by atoms with E-state index < -0.39 is 5.82 Å². The number of nitrogens with two attached hydrogens (primary N) is 1. The van der Waals surface area contributed by atoms with Crippen molar-refractivity contribution >= 4 is 33.8 Å². The van der Waals surface area contributed by atoms with E-state index in [9.17, 15) is 0 Å². The quantitative estimate of drug-likeness (QED) is 0.293. The molecule has 3 N–H and O–H groups in total. The van der Waals surface area contributed by atoms with Crippen molar-refractivity contribution in [1.29, 1.82) is 0 Å². The van der Waals surface area contributed by atoms with E-state index in [-0.39, 0.29) is 5.54 Å². The minimum absolute atomic E-state index is 0.262. The summed E-state index contributed by atoms with van der Waals surface area (Å²) in [6.45, 7) is 6.98. The fourth-order valence-corrected chi connectivity index (χ4v) is 5.37. The molecule has 0 amide bonds. The van der Waals surface area contributed by atoms with Crippen LogP contribution in [-0.2, 0) is 16.9 Å². The van der Waals surface area contributed by atoms with Gasteiger partial charge in [-0.15, -0.1) is 0 Å². The average molecular weight is 533 g/mol. The molecule has 0 spiro atoms. The molecule has 9 heteroatoms. The number of nitrogens with zero attached hydrogens (tertiary/aromatic N) is 4. The second-order valence-corrected chi connectivity index (χ2v) is 11.0. The van der Waals surface area contributed by atoms with Gasteiger partial charge in [0.25, 0.3) is 0 Å². The zero-order valence-corrected chi connectivity index (χ0v) is 23.5. The van der Waals surface area contributed by atoms with Gasteiger partial charge in [0.05, 0.1) is 54.8 Å². The van der Waals surface area contributed by atoms with Crippen LogP contribution in [0.1, 0.15) is 19.5 Å². The highest BCUT2D eigenvalue weighted by atomic mass is 19.1. The molecule has 0 atom stereocenters. The molecule has 2 aromatic heterocycles. The first-order valence-electron chi connectivity index (χ1n) is 13.1. The van der Waals surface area contributed by atoms with Crippen LogP contribution in [0.2, 0.25) is 0 Å². The number of nitrogen functional groups attached to an aromatic ring is 1. The Labute approximate surface area is 229 Å². The van der Waals surface area contributed by atoms with Crippen LogP contribution in [0.3, 0.4) is 0 Å². The highest BCUT2D eigenvalue weighted by Crippen LogP contribution is 2.43. The molecule has 0 fully saturated rings. The van der Waals surface area contributed by atoms with E-state index >= 15 is 4.39 Å². The normalized spacial score (nSPS) is 14.5. The van der Waals surface area contributed by atoms with Crippen LogP contribution in [0.25, 0.3) is 22.0 Å². The van der Waals surface area contributed by atoms with Gasteiger partial charge in [-0.2, -0.15) is 0 Å². The summed E-state index contributed by atoms with van der Waals surface area (Å²) in [5.74, 6) is 0.704. The van der Waals surface area contributed by atoms with Crippen LogP contribution in [0.15, 0.2) is 48.7 Å². The van der Waals surface area contributed by atoms with Crippen LogP contribution in [-0.4, -0.2) is 62.4 Å². The molecule has 3 heterocycles. The fraction of sp³-hybridized carbons (Fsp3) is 0.367. The van der Waals surface area contributed by atoms with Crippen LogP contribution in [0.5, 0.6) is 5.75 Å². The summed E-state index contributed by atoms with van der Waals surface area (Å²) in [6.07, 6.45) is 1.25. The van der Waals surface area contributed by atoms with Gasteiger partial charge in [0.1, 0.15) is 17.4 Å². The van der Waals surface area contributed by atoms with Crippen LogP contribution in [0.4, 0.5) is 27.3 Å². The van der Waals surface area contributed by atoms with E-state index in [1.807, 2.05) is 51.5 Å². The third-order valence-electron chi connectivity index (χ3n) is 7.30. The molecule has 4 aromatic rings. The Balaban J connectivity index is 1.55. The van der Waals surface area contributed by atoms with E-state index in [1.165, 1.54) is 6.20 Å². The van der Waals surface area contributed by atoms with E-state index in [0.29, 0.717) is 41.7 Å². The Morgan fingerprint density at radius 3 is 2.67 bits per heavy atom. The third-order valence-corrected chi connectivity index (χ3v) is 7.30. The monoisotopic (exact) mass is 532 g/mol. The molecule has 206 valence electrons. The molecule has 1 aliphatic heterocycles. The molecular formula is C30H37FN6O2. The number of anilines is 4. The number of fused-ring (bicyclic) bond motifs is 3. The van der Waals surface area contributed by atoms with E-state index in [4.69, 9.17) is 15.2 Å². The predicted molar refractivity (Wildman–Crippen MR) is 157 cm³/mol. The molecular weight excluding hydrogens is 495 g/mol. The number of benzene rings is 2. The Morgan fingerprint density at radius 2 is 1.92 bits per heavy atom. The van der Waals surface area contributed by atoms with Crippen molar-refractivity contribution in [3.63, 3.8) is 0 Å². The summed E-state index contributed by atoms with van der Waals surface area (Å²) < 4.78 is 29.4. The second-order valence-electron chi connectivity index (χ2n) is 11.0. The summed E-state index contributed by atoms with van der Waals surface area (Å²) >= 11 is 0. The molecule has 5 rings (SSSR count). The number of para-hydroxylation sites is 1. The molecule has 8 nitrogen and oxygen atoms in total. The van der Waals surface area contributed by atoms with Crippen LogP contribution in [0, 0.1) is 5.82 Å². The first-order chi connectivity index (χ1) is 18.6. The maximum atomic E-state index is 15.4. The Kier molecular flexibility index (Phi) is 7.13. The number of methoxy groups -OCH3 is 1. The summed E-state index contributed by atoms with van der Waals surface area (Å²) in [5.41, 5.74) is 11.6. The SMILES string of the molecule is COc1cc(N(C)CCN(C)C)c(N)cc1Nc1cc(-c2c3n(c4ccccc24)C(C)(C)COC3)c(F)cn1. The number of halogens is 1. The van der Waals surface area contributed by atoms with Gasteiger partial charge < -0.3 is 34.9 Å². The third kappa shape index (κ3) is 4.99. The van der Waals surface area contributed by atoms with Crippen molar-refractivity contribution in [3.8, 4) is 16.9 Å². The van der Waals surface area contributed by atoms with Gasteiger partial charge in [0, 0.05) is 48.2 Å². The minimum Gasteiger partial charge on any atom is -0.494 e. The van der Waals surface area contributed by atoms with Crippen molar-refractivity contribution < 1.29 is 13.9 Å². The van der Waals surface area contributed by atoms with Gasteiger partial charge in [-0.1, -0.05) is 18.2 Å². The Bertz CT molecular complexity index is 1510. The van der Waals surface area contributed by atoms with Gasteiger partial charge in [-0.25, -0.2) is 9.37 Å². The number of hydrogen-bond acceptors (Lipinski definition) is 7. The molecule has 0 saturated carbocycles. The van der Waals surface area contributed by atoms with E-state index in [1.54, 1.807) is 13.2 Å². The average Bonchev–Trinajstić information content (AvgIpc) is 3.24. The van der Waals surface area contributed by atoms with Gasteiger partial charge in [0.2, 0.25) is 0 Å². The number of aromatic nitrogens is 2. The van der Waals surface area contributed by atoms with E-state index in [0.717, 1.165) is 40.9 Å². The molecule has 0 aliphatic carbocycles. The summed E-state index contributed by atoms with van der Waals surface area (Å²) in [5, 5.41) is 4.29. The first kappa shape index (κ1) is 26.8. The van der Waals surface area contributed by atoms with Crippen molar-refractivity contribution in [2.75, 3.05) is 63.9 Å². The minimum atomic E-state index is -0.396. The van der Waals surface area contributed by atoms with Crippen molar-refractivity contribution in [1.82, 2.24) is 14.5 Å². The lowest BCUT2D eigenvalue weighted by Gasteiger charge is -2.34. The first-order valence-corrected chi connectivity index (χ1v) is 13.1. The number of ether oxygens (including phenoxy) is 2. The number of nitrogens with one attached hydrogen (secondary N) is 1. The zero-order chi connectivity index (χ0) is 27.9. The maximum absolute atomic E-state index is 15.4. The maximum Gasteiger partial charge on any atom is 0.149 e. The fourth-order valence-electron chi connectivity index (χ4n) is 5.37. The van der Waals surface area contributed by atoms with Gasteiger partial charge >= 0.3 is 0 Å². The molecule has 0 bridgehead atoms. The lowest BCUT2D eigenvalue weighted by molar-refractivity contribution is 0.0239. The highest BCUT2D eigenvalue weighted by Gasteiger charge is 2.33. The van der Waals surface area contributed by atoms with Crippen molar-refractivity contribution in [2.24, 2.45) is 0 Å². The Hall–Kier alpha value is -3.82. The highest BCUT2D eigenvalue weighted by molar-refractivity contribution is 5.99. The summed E-state index contributed by atoms with van der Waals surface area (Å²) in [7, 11) is 7.69.